The normalized spacial score (nSPS) is 10.3. The van der Waals surface area contributed by atoms with E-state index in [0.29, 0.717) is 0 Å². The topological polar surface area (TPSA) is 96.4 Å². The van der Waals surface area contributed by atoms with Crippen molar-refractivity contribution in [3.8, 4) is 11.6 Å². The molecule has 0 N–H and O–H groups in total. The fraction of sp³-hybridized carbons (Fsp3) is 0.167. The van der Waals surface area contributed by atoms with Crippen LogP contribution >= 0.6 is 0 Å². The highest BCUT2D eigenvalue weighted by Crippen LogP contribution is 2.23. The van der Waals surface area contributed by atoms with Crippen LogP contribution in [0.1, 0.15) is 0 Å². The lowest BCUT2D eigenvalue weighted by atomic mass is 10.3. The molecule has 2 rings (SSSR count). The Morgan fingerprint density at radius 3 is 2.50 bits per heavy atom. The van der Waals surface area contributed by atoms with Crippen molar-refractivity contribution >= 4 is 5.69 Å². The number of nitrogens with zero attached hydrogens (tertiary/aromatic N) is 3. The number of nitro groups is 1. The maximum atomic E-state index is 11.7. The van der Waals surface area contributed by atoms with E-state index < -0.39 is 16.2 Å². The van der Waals surface area contributed by atoms with E-state index in [0.717, 1.165) is 15.2 Å². The van der Waals surface area contributed by atoms with Crippen molar-refractivity contribution in [1.29, 1.82) is 0 Å². The first-order valence-electron chi connectivity index (χ1n) is 5.59. The molecule has 1 aromatic heterocycles. The summed E-state index contributed by atoms with van der Waals surface area (Å²) in [6, 6.07) is 6.61. The van der Waals surface area contributed by atoms with Crippen LogP contribution in [-0.2, 0) is 14.1 Å². The van der Waals surface area contributed by atoms with Gasteiger partial charge in [0.25, 0.3) is 11.2 Å². The molecule has 2 aromatic rings. The molecule has 0 aliphatic carbocycles. The second-order valence-corrected chi connectivity index (χ2v) is 4.08. The number of aromatic nitrogens is 2. The number of benzene rings is 1. The molecular weight excluding hydrogens is 266 g/mol. The third-order valence-electron chi connectivity index (χ3n) is 2.73. The molecule has 8 nitrogen and oxygen atoms in total. The molecule has 0 aliphatic rings. The molecular formula is C12H11N3O5. The van der Waals surface area contributed by atoms with Crippen molar-refractivity contribution in [2.24, 2.45) is 14.1 Å². The van der Waals surface area contributed by atoms with Gasteiger partial charge in [0.1, 0.15) is 5.75 Å². The molecule has 1 heterocycles. The molecule has 0 radical (unpaired) electrons. The summed E-state index contributed by atoms with van der Waals surface area (Å²) in [6.45, 7) is 0. The van der Waals surface area contributed by atoms with Gasteiger partial charge < -0.3 is 4.74 Å². The summed E-state index contributed by atoms with van der Waals surface area (Å²) >= 11 is 0. The average molecular weight is 277 g/mol. The highest BCUT2D eigenvalue weighted by atomic mass is 16.6. The molecule has 0 fully saturated rings. The number of non-ortho nitro benzene ring substituents is 1. The van der Waals surface area contributed by atoms with Crippen LogP contribution in [0.25, 0.3) is 0 Å². The summed E-state index contributed by atoms with van der Waals surface area (Å²) in [5.74, 6) is 0.182. The van der Waals surface area contributed by atoms with E-state index in [-0.39, 0.29) is 17.3 Å². The van der Waals surface area contributed by atoms with Crippen LogP contribution in [0.15, 0.2) is 39.9 Å². The SMILES string of the molecule is Cn1c(Oc2cccc([N+](=O)[O-])c2)cc(=O)n(C)c1=O. The number of hydrogen-bond acceptors (Lipinski definition) is 5. The quantitative estimate of drug-likeness (QED) is 0.610. The highest BCUT2D eigenvalue weighted by molar-refractivity contribution is 5.39. The van der Waals surface area contributed by atoms with Gasteiger partial charge in [-0.1, -0.05) is 6.07 Å². The van der Waals surface area contributed by atoms with Crippen molar-refractivity contribution < 1.29 is 9.66 Å². The predicted molar refractivity (Wildman–Crippen MR) is 70.1 cm³/mol. The van der Waals surface area contributed by atoms with Crippen LogP contribution in [0, 0.1) is 10.1 Å². The fourth-order valence-corrected chi connectivity index (χ4v) is 1.59. The molecule has 0 saturated carbocycles. The van der Waals surface area contributed by atoms with E-state index in [1.165, 1.54) is 38.4 Å². The minimum Gasteiger partial charge on any atom is -0.440 e. The lowest BCUT2D eigenvalue weighted by Crippen LogP contribution is -2.36. The van der Waals surface area contributed by atoms with E-state index >= 15 is 0 Å². The maximum Gasteiger partial charge on any atom is 0.333 e. The molecule has 0 unspecified atom stereocenters. The zero-order valence-corrected chi connectivity index (χ0v) is 10.8. The lowest BCUT2D eigenvalue weighted by Gasteiger charge is -2.10. The molecule has 8 heteroatoms. The number of ether oxygens (including phenoxy) is 1. The minimum atomic E-state index is -0.560. The van der Waals surface area contributed by atoms with Crippen LogP contribution in [-0.4, -0.2) is 14.1 Å². The van der Waals surface area contributed by atoms with Crippen molar-refractivity contribution in [2.45, 2.75) is 0 Å². The predicted octanol–water partition coefficient (Wildman–Crippen LogP) is 0.784. The van der Waals surface area contributed by atoms with Gasteiger partial charge in [-0.15, -0.1) is 0 Å². The van der Waals surface area contributed by atoms with Crippen LogP contribution in [0.4, 0.5) is 5.69 Å². The molecule has 104 valence electrons. The second kappa shape index (κ2) is 5.00. The molecule has 0 spiro atoms. The third-order valence-corrected chi connectivity index (χ3v) is 2.73. The zero-order chi connectivity index (χ0) is 14.9. The van der Waals surface area contributed by atoms with E-state index in [4.69, 9.17) is 4.74 Å². The summed E-state index contributed by atoms with van der Waals surface area (Å²) in [6.07, 6.45) is 0. The first-order valence-corrected chi connectivity index (χ1v) is 5.59. The second-order valence-electron chi connectivity index (χ2n) is 4.08. The Kier molecular flexibility index (Phi) is 3.38. The largest absolute Gasteiger partial charge is 0.440 e. The summed E-state index contributed by atoms with van der Waals surface area (Å²) in [7, 11) is 2.79. The van der Waals surface area contributed by atoms with Gasteiger partial charge in [0, 0.05) is 20.2 Å². The summed E-state index contributed by atoms with van der Waals surface area (Å²) in [5.41, 5.74) is -1.21. The van der Waals surface area contributed by atoms with Gasteiger partial charge in [-0.2, -0.15) is 0 Å². The van der Waals surface area contributed by atoms with E-state index in [1.54, 1.807) is 0 Å². The Morgan fingerprint density at radius 2 is 1.85 bits per heavy atom. The first kappa shape index (κ1) is 13.5. The molecule has 0 amide bonds. The molecule has 20 heavy (non-hydrogen) atoms. The van der Waals surface area contributed by atoms with Gasteiger partial charge in [0.15, 0.2) is 0 Å². The summed E-state index contributed by atoms with van der Waals surface area (Å²) in [4.78, 5) is 33.4. The van der Waals surface area contributed by atoms with Gasteiger partial charge in [-0.3, -0.25) is 24.0 Å². The Hall–Kier alpha value is -2.90. The third kappa shape index (κ3) is 2.44. The van der Waals surface area contributed by atoms with Crippen LogP contribution in [0.2, 0.25) is 0 Å². The van der Waals surface area contributed by atoms with Crippen molar-refractivity contribution in [2.75, 3.05) is 0 Å². The smallest absolute Gasteiger partial charge is 0.333 e. The molecule has 0 atom stereocenters. The summed E-state index contributed by atoms with van der Waals surface area (Å²) < 4.78 is 7.43. The number of rotatable bonds is 3. The number of hydrogen-bond donors (Lipinski definition) is 0. The fourth-order valence-electron chi connectivity index (χ4n) is 1.59. The van der Waals surface area contributed by atoms with Crippen LogP contribution < -0.4 is 16.0 Å². The molecule has 0 aliphatic heterocycles. The Balaban J connectivity index is 2.45. The monoisotopic (exact) mass is 277 g/mol. The minimum absolute atomic E-state index is 0.0126. The highest BCUT2D eigenvalue weighted by Gasteiger charge is 2.10. The van der Waals surface area contributed by atoms with Crippen molar-refractivity contribution in [3.05, 3.63) is 61.3 Å². The lowest BCUT2D eigenvalue weighted by molar-refractivity contribution is -0.384. The Labute approximate surface area is 112 Å². The van der Waals surface area contributed by atoms with Gasteiger partial charge in [-0.05, 0) is 6.07 Å². The van der Waals surface area contributed by atoms with Gasteiger partial charge in [0.2, 0.25) is 5.88 Å². The maximum absolute atomic E-state index is 11.7. The number of nitro benzene ring substituents is 1. The van der Waals surface area contributed by atoms with Crippen molar-refractivity contribution in [3.63, 3.8) is 0 Å². The van der Waals surface area contributed by atoms with Crippen LogP contribution in [0.3, 0.4) is 0 Å². The molecule has 1 aromatic carbocycles. The van der Waals surface area contributed by atoms with Gasteiger partial charge in [-0.25, -0.2) is 4.79 Å². The van der Waals surface area contributed by atoms with E-state index in [9.17, 15) is 19.7 Å². The standard InChI is InChI=1S/C12H11N3O5/c1-13-10(16)7-11(14(2)12(13)17)20-9-5-3-4-8(6-9)15(18)19/h3-7H,1-2H3. The zero-order valence-electron chi connectivity index (χ0n) is 10.8. The van der Waals surface area contributed by atoms with Gasteiger partial charge >= 0.3 is 5.69 Å². The Morgan fingerprint density at radius 1 is 1.15 bits per heavy atom. The van der Waals surface area contributed by atoms with Gasteiger partial charge in [0.05, 0.1) is 17.1 Å². The first-order chi connectivity index (χ1) is 9.40. The van der Waals surface area contributed by atoms with Crippen LogP contribution in [0.5, 0.6) is 11.6 Å². The Bertz CT molecular complexity index is 790. The molecule has 0 bridgehead atoms. The van der Waals surface area contributed by atoms with E-state index in [2.05, 4.69) is 0 Å². The van der Waals surface area contributed by atoms with Crippen molar-refractivity contribution in [1.82, 2.24) is 9.13 Å². The summed E-state index contributed by atoms with van der Waals surface area (Å²) in [5, 5.41) is 10.7. The average Bonchev–Trinajstić information content (AvgIpc) is 2.42. The van der Waals surface area contributed by atoms with E-state index in [1.807, 2.05) is 0 Å². The molecule has 0 saturated heterocycles.